The summed E-state index contributed by atoms with van der Waals surface area (Å²) in [5.41, 5.74) is 0.565. The Morgan fingerprint density at radius 3 is 2.19 bits per heavy atom. The second-order valence-electron chi connectivity index (χ2n) is 8.09. The topological polar surface area (TPSA) is 74.2 Å². The van der Waals surface area contributed by atoms with Crippen LogP contribution < -0.4 is 9.47 Å². The summed E-state index contributed by atoms with van der Waals surface area (Å²) >= 11 is 0. The van der Waals surface area contributed by atoms with Crippen molar-refractivity contribution >= 4 is 14.3 Å². The number of hydrogen-bond acceptors (Lipinski definition) is 6. The smallest absolute Gasteiger partial charge is 0.311 e. The molecule has 154 valence electrons. The molecule has 7 heteroatoms. The molecular formula is C20H34O6Si. The standard InChI is InChI=1S/C20H34O6Si/c1-20(2,3)27(7,8)26-12-11-15(19(22)25-6)18(21)14-9-10-16(23-4)17(13-14)24-5/h9-10,13,15,18,21H,11-12H2,1-8H3/t15-,18+/m1/s1. The summed E-state index contributed by atoms with van der Waals surface area (Å²) in [5.74, 6) is -0.131. The molecule has 0 aromatic heterocycles. The van der Waals surface area contributed by atoms with Crippen molar-refractivity contribution in [1.82, 2.24) is 0 Å². The minimum absolute atomic E-state index is 0.0791. The Hall–Kier alpha value is -1.57. The highest BCUT2D eigenvalue weighted by atomic mass is 28.4. The molecule has 0 aliphatic carbocycles. The average molecular weight is 399 g/mol. The van der Waals surface area contributed by atoms with Crippen LogP contribution in [0.1, 0.15) is 38.9 Å². The maximum absolute atomic E-state index is 12.3. The summed E-state index contributed by atoms with van der Waals surface area (Å²) < 4.78 is 21.6. The molecule has 0 fully saturated rings. The van der Waals surface area contributed by atoms with Crippen LogP contribution in [0.25, 0.3) is 0 Å². The monoisotopic (exact) mass is 398 g/mol. The van der Waals surface area contributed by atoms with Gasteiger partial charge in [0.15, 0.2) is 19.8 Å². The minimum atomic E-state index is -1.93. The van der Waals surface area contributed by atoms with E-state index in [1.54, 1.807) is 25.3 Å². The molecule has 1 rings (SSSR count). The van der Waals surface area contributed by atoms with Gasteiger partial charge >= 0.3 is 5.97 Å². The summed E-state index contributed by atoms with van der Waals surface area (Å²) in [6, 6.07) is 5.10. The van der Waals surface area contributed by atoms with Crippen LogP contribution in [0.4, 0.5) is 0 Å². The van der Waals surface area contributed by atoms with Gasteiger partial charge in [-0.25, -0.2) is 0 Å². The van der Waals surface area contributed by atoms with Crippen LogP contribution in [0.5, 0.6) is 11.5 Å². The number of benzene rings is 1. The second kappa shape index (κ2) is 9.57. The zero-order valence-corrected chi connectivity index (χ0v) is 18.8. The van der Waals surface area contributed by atoms with E-state index in [-0.39, 0.29) is 5.04 Å². The molecule has 0 saturated heterocycles. The van der Waals surface area contributed by atoms with Gasteiger partial charge in [-0.2, -0.15) is 0 Å². The highest BCUT2D eigenvalue weighted by Gasteiger charge is 2.38. The first-order chi connectivity index (χ1) is 12.5. The van der Waals surface area contributed by atoms with E-state index in [4.69, 9.17) is 18.6 Å². The number of rotatable bonds is 9. The highest BCUT2D eigenvalue weighted by molar-refractivity contribution is 6.74. The molecule has 0 aliphatic rings. The molecular weight excluding hydrogens is 364 g/mol. The molecule has 6 nitrogen and oxygen atoms in total. The van der Waals surface area contributed by atoms with Crippen LogP contribution in [0.3, 0.4) is 0 Å². The van der Waals surface area contributed by atoms with Gasteiger partial charge in [0.25, 0.3) is 0 Å². The number of carbonyl (C=O) groups is 1. The normalized spacial score (nSPS) is 14.4. The summed E-state index contributed by atoms with van der Waals surface area (Å²) in [7, 11) is 2.47. The van der Waals surface area contributed by atoms with Crippen LogP contribution in [0, 0.1) is 5.92 Å². The number of aliphatic hydroxyl groups is 1. The maximum atomic E-state index is 12.3. The summed E-state index contributed by atoms with van der Waals surface area (Å²) in [6.07, 6.45) is -0.658. The number of esters is 1. The van der Waals surface area contributed by atoms with Crippen molar-refractivity contribution in [2.45, 2.75) is 51.4 Å². The Morgan fingerprint density at radius 1 is 1.11 bits per heavy atom. The van der Waals surface area contributed by atoms with Crippen LogP contribution in [0.2, 0.25) is 18.1 Å². The molecule has 1 N–H and O–H groups in total. The quantitative estimate of drug-likeness (QED) is 0.502. The lowest BCUT2D eigenvalue weighted by molar-refractivity contribution is -0.150. The molecule has 2 atom stereocenters. The Balaban J connectivity index is 2.95. The van der Waals surface area contributed by atoms with Gasteiger partial charge in [-0.05, 0) is 42.2 Å². The lowest BCUT2D eigenvalue weighted by Crippen LogP contribution is -2.41. The average Bonchev–Trinajstić information content (AvgIpc) is 2.62. The van der Waals surface area contributed by atoms with Gasteiger partial charge in [-0.3, -0.25) is 4.79 Å². The van der Waals surface area contributed by atoms with Gasteiger partial charge in [0.05, 0.1) is 33.4 Å². The second-order valence-corrected chi connectivity index (χ2v) is 12.9. The van der Waals surface area contributed by atoms with E-state index in [1.807, 2.05) is 0 Å². The third kappa shape index (κ3) is 5.95. The predicted molar refractivity (Wildman–Crippen MR) is 108 cm³/mol. The van der Waals surface area contributed by atoms with Crippen molar-refractivity contribution < 1.29 is 28.5 Å². The van der Waals surface area contributed by atoms with Crippen molar-refractivity contribution in [1.29, 1.82) is 0 Å². The number of carbonyl (C=O) groups excluding carboxylic acids is 1. The first-order valence-electron chi connectivity index (χ1n) is 9.10. The minimum Gasteiger partial charge on any atom is -0.493 e. The fourth-order valence-corrected chi connectivity index (χ4v) is 3.54. The van der Waals surface area contributed by atoms with Crippen molar-refractivity contribution in [3.8, 4) is 11.5 Å². The van der Waals surface area contributed by atoms with E-state index < -0.39 is 26.3 Å². The molecule has 0 aliphatic heterocycles. The SMILES string of the molecule is COC(=O)[C@H](CCO[Si](C)(C)C(C)(C)C)[C@@H](O)c1ccc(OC)c(OC)c1. The summed E-state index contributed by atoms with van der Waals surface area (Å²) in [6.45, 7) is 11.2. The molecule has 0 radical (unpaired) electrons. The number of hydrogen-bond donors (Lipinski definition) is 1. The number of ether oxygens (including phenoxy) is 3. The third-order valence-electron chi connectivity index (χ3n) is 5.33. The molecule has 0 amide bonds. The van der Waals surface area contributed by atoms with Crippen LogP contribution in [-0.2, 0) is 14.0 Å². The zero-order valence-electron chi connectivity index (χ0n) is 17.8. The van der Waals surface area contributed by atoms with Gasteiger partial charge in [0.1, 0.15) is 0 Å². The van der Waals surface area contributed by atoms with Gasteiger partial charge in [0, 0.05) is 6.61 Å². The molecule has 0 unspecified atom stereocenters. The Morgan fingerprint density at radius 2 is 1.70 bits per heavy atom. The van der Waals surface area contributed by atoms with Gasteiger partial charge in [-0.15, -0.1) is 0 Å². The molecule has 27 heavy (non-hydrogen) atoms. The van der Waals surface area contributed by atoms with Crippen LogP contribution >= 0.6 is 0 Å². The zero-order chi connectivity index (χ0) is 20.8. The fourth-order valence-electron chi connectivity index (χ4n) is 2.48. The van der Waals surface area contributed by atoms with Crippen LogP contribution in [0.15, 0.2) is 18.2 Å². The van der Waals surface area contributed by atoms with Crippen molar-refractivity contribution in [2.75, 3.05) is 27.9 Å². The van der Waals surface area contributed by atoms with E-state index in [1.165, 1.54) is 14.2 Å². The third-order valence-corrected chi connectivity index (χ3v) is 9.87. The van der Waals surface area contributed by atoms with Gasteiger partial charge in [-0.1, -0.05) is 26.8 Å². The predicted octanol–water partition coefficient (Wildman–Crippen LogP) is 3.94. The van der Waals surface area contributed by atoms with Crippen molar-refractivity contribution in [3.05, 3.63) is 23.8 Å². The van der Waals surface area contributed by atoms with E-state index in [2.05, 4.69) is 33.9 Å². The van der Waals surface area contributed by atoms with Gasteiger partial charge < -0.3 is 23.7 Å². The Labute approximate surface area is 163 Å². The van der Waals surface area contributed by atoms with Gasteiger partial charge in [0.2, 0.25) is 0 Å². The molecule has 1 aromatic carbocycles. The van der Waals surface area contributed by atoms with E-state index in [0.29, 0.717) is 30.1 Å². The maximum Gasteiger partial charge on any atom is 0.311 e. The van der Waals surface area contributed by atoms with E-state index in [0.717, 1.165) is 0 Å². The molecule has 0 spiro atoms. The fraction of sp³-hybridized carbons (Fsp3) is 0.650. The molecule has 0 bridgehead atoms. The van der Waals surface area contributed by atoms with E-state index in [9.17, 15) is 9.90 Å². The number of methoxy groups -OCH3 is 3. The largest absolute Gasteiger partial charge is 0.493 e. The lowest BCUT2D eigenvalue weighted by Gasteiger charge is -2.36. The van der Waals surface area contributed by atoms with Crippen molar-refractivity contribution in [3.63, 3.8) is 0 Å². The highest BCUT2D eigenvalue weighted by Crippen LogP contribution is 2.37. The van der Waals surface area contributed by atoms with Crippen LogP contribution in [-0.4, -0.2) is 47.3 Å². The first-order valence-corrected chi connectivity index (χ1v) is 12.0. The Bertz CT molecular complexity index is 623. The summed E-state index contributed by atoms with van der Waals surface area (Å²) in [5, 5.41) is 10.9. The lowest BCUT2D eigenvalue weighted by atomic mass is 9.93. The summed E-state index contributed by atoms with van der Waals surface area (Å²) in [4.78, 5) is 12.3. The molecule has 1 aromatic rings. The Kier molecular flexibility index (Phi) is 8.32. The molecule has 0 saturated carbocycles. The van der Waals surface area contributed by atoms with E-state index >= 15 is 0 Å². The number of aliphatic hydroxyl groups excluding tert-OH is 1. The molecule has 0 heterocycles. The first kappa shape index (κ1) is 23.5. The van der Waals surface area contributed by atoms with Crippen molar-refractivity contribution in [2.24, 2.45) is 5.92 Å².